The third kappa shape index (κ3) is 1.69. The second-order valence-corrected chi connectivity index (χ2v) is 3.41. The highest BCUT2D eigenvalue weighted by Gasteiger charge is 2.13. The van der Waals surface area contributed by atoms with Crippen LogP contribution in [0.2, 0.25) is 5.02 Å². The van der Waals surface area contributed by atoms with Crippen LogP contribution in [0.25, 0.3) is 0 Å². The van der Waals surface area contributed by atoms with Crippen LogP contribution in [0.5, 0.6) is 0 Å². The molecule has 1 aromatic carbocycles. The van der Waals surface area contributed by atoms with Gasteiger partial charge < -0.3 is 15.6 Å². The van der Waals surface area contributed by atoms with Crippen LogP contribution in [-0.4, -0.2) is 14.1 Å². The van der Waals surface area contributed by atoms with E-state index < -0.39 is 4.65 Å². The van der Waals surface area contributed by atoms with Crippen molar-refractivity contribution in [3.8, 4) is 0 Å². The van der Waals surface area contributed by atoms with Gasteiger partial charge in [0.1, 0.15) is 5.02 Å². The monoisotopic (exact) mass is 186 g/mol. The predicted molar refractivity (Wildman–Crippen MR) is 52.9 cm³/mol. The van der Waals surface area contributed by atoms with E-state index in [9.17, 15) is 5.21 Å². The average Bonchev–Trinajstić information content (AvgIpc) is 1.92. The van der Waals surface area contributed by atoms with E-state index in [1.165, 1.54) is 14.1 Å². The Morgan fingerprint density at radius 2 is 2.00 bits per heavy atom. The molecule has 0 aliphatic carbocycles. The van der Waals surface area contributed by atoms with E-state index in [1.807, 2.05) is 0 Å². The molecular formula is C8H11ClN2O. The first-order chi connectivity index (χ1) is 5.43. The molecule has 1 aromatic rings. The number of anilines is 1. The molecule has 0 amide bonds. The largest absolute Gasteiger partial charge is 0.628 e. The number of hydrogen-bond donors (Lipinski definition) is 1. The van der Waals surface area contributed by atoms with Crippen molar-refractivity contribution in [1.82, 2.24) is 4.65 Å². The number of halogens is 1. The van der Waals surface area contributed by atoms with Crippen molar-refractivity contribution in [2.45, 2.75) is 0 Å². The van der Waals surface area contributed by atoms with Crippen LogP contribution < -0.4 is 10.4 Å². The van der Waals surface area contributed by atoms with Crippen molar-refractivity contribution >= 4 is 23.0 Å². The lowest BCUT2D eigenvalue weighted by molar-refractivity contribution is 0.543. The zero-order valence-corrected chi connectivity index (χ0v) is 7.80. The van der Waals surface area contributed by atoms with Crippen molar-refractivity contribution in [1.29, 1.82) is 0 Å². The molecule has 0 spiro atoms. The second kappa shape index (κ2) is 2.94. The summed E-state index contributed by atoms with van der Waals surface area (Å²) in [5.74, 6) is 0. The summed E-state index contributed by atoms with van der Waals surface area (Å²) in [7, 11) is 3.00. The van der Waals surface area contributed by atoms with E-state index in [0.717, 1.165) is 0 Å². The molecule has 0 aliphatic rings. The summed E-state index contributed by atoms with van der Waals surface area (Å²) in [5, 5.41) is 11.8. The van der Waals surface area contributed by atoms with Gasteiger partial charge in [-0.3, -0.25) is 0 Å². The first-order valence-electron chi connectivity index (χ1n) is 3.52. The summed E-state index contributed by atoms with van der Waals surface area (Å²) >= 11 is 5.84. The maximum Gasteiger partial charge on any atom is 0.153 e. The molecule has 0 fully saturated rings. The molecule has 12 heavy (non-hydrogen) atoms. The third-order valence-corrected chi connectivity index (χ3v) is 2.00. The minimum absolute atomic E-state index is 0.345. The number of nitrogens with two attached hydrogens (primary N) is 1. The molecule has 0 bridgehead atoms. The van der Waals surface area contributed by atoms with E-state index in [-0.39, 0.29) is 0 Å². The summed E-state index contributed by atoms with van der Waals surface area (Å²) in [6, 6.07) is 5.06. The summed E-state index contributed by atoms with van der Waals surface area (Å²) in [5.41, 5.74) is 6.46. The minimum Gasteiger partial charge on any atom is -0.628 e. The van der Waals surface area contributed by atoms with Crippen LogP contribution in [-0.2, 0) is 0 Å². The van der Waals surface area contributed by atoms with Gasteiger partial charge >= 0.3 is 0 Å². The Hall–Kier alpha value is -0.770. The van der Waals surface area contributed by atoms with Crippen LogP contribution in [0, 0.1) is 5.21 Å². The van der Waals surface area contributed by atoms with Gasteiger partial charge in [0.25, 0.3) is 0 Å². The predicted octanol–water partition coefficient (Wildman–Crippen LogP) is 1.99. The van der Waals surface area contributed by atoms with Crippen LogP contribution >= 0.6 is 11.6 Å². The maximum absolute atomic E-state index is 11.5. The van der Waals surface area contributed by atoms with Gasteiger partial charge in [0.2, 0.25) is 0 Å². The first-order valence-corrected chi connectivity index (χ1v) is 3.90. The fourth-order valence-electron chi connectivity index (χ4n) is 0.953. The first kappa shape index (κ1) is 9.32. The number of benzene rings is 1. The zero-order chi connectivity index (χ0) is 9.35. The highest BCUT2D eigenvalue weighted by Crippen LogP contribution is 2.32. The zero-order valence-electron chi connectivity index (χ0n) is 7.04. The Morgan fingerprint density at radius 1 is 1.42 bits per heavy atom. The molecule has 0 radical (unpaired) electrons. The van der Waals surface area contributed by atoms with Crippen molar-refractivity contribution in [3.63, 3.8) is 0 Å². The summed E-state index contributed by atoms with van der Waals surface area (Å²) in [4.78, 5) is 0. The highest BCUT2D eigenvalue weighted by molar-refractivity contribution is 6.35. The van der Waals surface area contributed by atoms with Crippen LogP contribution in [0.3, 0.4) is 0 Å². The van der Waals surface area contributed by atoms with Crippen molar-refractivity contribution < 1.29 is 0 Å². The minimum atomic E-state index is -0.566. The third-order valence-electron chi connectivity index (χ3n) is 1.59. The van der Waals surface area contributed by atoms with E-state index >= 15 is 0 Å². The number of rotatable bonds is 1. The molecule has 0 saturated carbocycles. The molecule has 0 atom stereocenters. The number of quaternary nitrogens is 1. The molecule has 2 N–H and O–H groups in total. The van der Waals surface area contributed by atoms with E-state index in [4.69, 9.17) is 17.3 Å². The topological polar surface area (TPSA) is 49.1 Å². The van der Waals surface area contributed by atoms with E-state index in [1.54, 1.807) is 18.2 Å². The molecule has 0 saturated heterocycles. The smallest absolute Gasteiger partial charge is 0.153 e. The fraction of sp³-hybridized carbons (Fsp3) is 0.250. The number of nitrogen functional groups attached to an aromatic ring is 1. The lowest BCUT2D eigenvalue weighted by atomic mass is 10.2. The molecule has 1 rings (SSSR count). The van der Waals surface area contributed by atoms with Gasteiger partial charge in [0, 0.05) is 6.07 Å². The Bertz CT molecular complexity index is 294. The Kier molecular flexibility index (Phi) is 2.28. The van der Waals surface area contributed by atoms with Gasteiger partial charge in [0.15, 0.2) is 5.69 Å². The molecule has 0 aromatic heterocycles. The molecule has 66 valence electrons. The number of hydroxylamine groups is 2. The van der Waals surface area contributed by atoms with Crippen molar-refractivity contribution in [3.05, 3.63) is 28.4 Å². The summed E-state index contributed by atoms with van der Waals surface area (Å²) < 4.78 is -0.566. The number of nitrogens with zero attached hydrogens (tertiary/aromatic N) is 1. The molecule has 0 heterocycles. The SMILES string of the molecule is C[N+](C)([O-])c1cccc(N)c1Cl. The second-order valence-electron chi connectivity index (χ2n) is 3.03. The Balaban J connectivity index is 3.26. The lowest BCUT2D eigenvalue weighted by Gasteiger charge is -2.33. The molecule has 3 nitrogen and oxygen atoms in total. The average molecular weight is 187 g/mol. The van der Waals surface area contributed by atoms with Gasteiger partial charge in [0.05, 0.1) is 19.8 Å². The van der Waals surface area contributed by atoms with Crippen LogP contribution in [0.4, 0.5) is 11.4 Å². The van der Waals surface area contributed by atoms with Gasteiger partial charge in [-0.05, 0) is 6.07 Å². The van der Waals surface area contributed by atoms with E-state index in [2.05, 4.69) is 0 Å². The summed E-state index contributed by atoms with van der Waals surface area (Å²) in [6.07, 6.45) is 0. The van der Waals surface area contributed by atoms with Gasteiger partial charge in [-0.2, -0.15) is 0 Å². The maximum atomic E-state index is 11.5. The van der Waals surface area contributed by atoms with Crippen molar-refractivity contribution in [2.24, 2.45) is 0 Å². The Labute approximate surface area is 76.5 Å². The molecular weight excluding hydrogens is 176 g/mol. The Morgan fingerprint density at radius 3 is 2.42 bits per heavy atom. The van der Waals surface area contributed by atoms with Gasteiger partial charge in [-0.25, -0.2) is 0 Å². The molecule has 0 aliphatic heterocycles. The normalized spacial score (nSPS) is 11.7. The summed E-state index contributed by atoms with van der Waals surface area (Å²) in [6.45, 7) is 0. The highest BCUT2D eigenvalue weighted by atomic mass is 35.5. The van der Waals surface area contributed by atoms with Crippen molar-refractivity contribution in [2.75, 3.05) is 19.8 Å². The fourth-order valence-corrected chi connectivity index (χ4v) is 1.28. The van der Waals surface area contributed by atoms with Crippen LogP contribution in [0.15, 0.2) is 18.2 Å². The lowest BCUT2D eigenvalue weighted by Crippen LogP contribution is -2.32. The number of hydrogen-bond acceptors (Lipinski definition) is 2. The van der Waals surface area contributed by atoms with Crippen LogP contribution in [0.1, 0.15) is 0 Å². The standard InChI is InChI=1S/C8H11ClN2O/c1-11(2,12)7-5-3-4-6(10)8(7)9/h3-5H,10H2,1-2H3. The van der Waals surface area contributed by atoms with Gasteiger partial charge in [-0.1, -0.05) is 17.7 Å². The quantitative estimate of drug-likeness (QED) is 0.414. The molecule has 4 heteroatoms. The molecule has 0 unspecified atom stereocenters. The van der Waals surface area contributed by atoms with Gasteiger partial charge in [-0.15, -0.1) is 0 Å². The van der Waals surface area contributed by atoms with E-state index in [0.29, 0.717) is 16.4 Å².